The zero-order chi connectivity index (χ0) is 24.0. The van der Waals surface area contributed by atoms with Crippen molar-refractivity contribution >= 4 is 34.8 Å². The normalized spacial score (nSPS) is 11.9. The van der Waals surface area contributed by atoms with Crippen molar-refractivity contribution in [1.29, 1.82) is 0 Å². The minimum atomic E-state index is -0.279. The molecule has 6 heteroatoms. The Bertz CT molecular complexity index is 1120. The van der Waals surface area contributed by atoms with E-state index in [4.69, 9.17) is 12.2 Å². The highest BCUT2D eigenvalue weighted by atomic mass is 32.1. The second kappa shape index (κ2) is 10.4. The summed E-state index contributed by atoms with van der Waals surface area (Å²) in [4.78, 5) is 25.0. The van der Waals surface area contributed by atoms with Gasteiger partial charge in [0.2, 0.25) is 0 Å². The van der Waals surface area contributed by atoms with Crippen LogP contribution in [0.3, 0.4) is 0 Å². The Morgan fingerprint density at radius 3 is 1.91 bits per heavy atom. The molecule has 3 rings (SSSR count). The van der Waals surface area contributed by atoms with Crippen LogP contribution in [0.4, 0.5) is 5.69 Å². The van der Waals surface area contributed by atoms with Crippen molar-refractivity contribution in [1.82, 2.24) is 10.6 Å². The number of anilines is 1. The van der Waals surface area contributed by atoms with E-state index in [2.05, 4.69) is 36.7 Å². The van der Waals surface area contributed by atoms with E-state index in [-0.39, 0.29) is 28.4 Å². The smallest absolute Gasteiger partial charge is 0.257 e. The van der Waals surface area contributed by atoms with Gasteiger partial charge in [0, 0.05) is 16.8 Å². The van der Waals surface area contributed by atoms with Crippen LogP contribution in [0.1, 0.15) is 65.6 Å². The van der Waals surface area contributed by atoms with E-state index < -0.39 is 0 Å². The number of hydrogen-bond donors (Lipinski definition) is 3. The molecular formula is C27H29N3O2S. The number of nitrogens with one attached hydrogen (secondary N) is 3. The van der Waals surface area contributed by atoms with Gasteiger partial charge in [-0.3, -0.25) is 14.9 Å². The van der Waals surface area contributed by atoms with Crippen molar-refractivity contribution in [3.63, 3.8) is 0 Å². The standard InChI is InChI=1S/C27H29N3O2S/c1-18(19-8-6-5-7-9-19)28-24(31)21-12-16-23(17-13-21)29-26(33)30-25(32)20-10-14-22(15-11-20)27(2,3)4/h5-18H,1-4H3,(H,28,31)(H2,29,30,32,33). The van der Waals surface area contributed by atoms with E-state index in [9.17, 15) is 9.59 Å². The number of carbonyl (C=O) groups is 2. The van der Waals surface area contributed by atoms with Gasteiger partial charge in [0.15, 0.2) is 5.11 Å². The fourth-order valence-electron chi connectivity index (χ4n) is 3.27. The van der Waals surface area contributed by atoms with Crippen LogP contribution in [0.15, 0.2) is 78.9 Å². The summed E-state index contributed by atoms with van der Waals surface area (Å²) in [6.45, 7) is 8.32. The van der Waals surface area contributed by atoms with Crippen molar-refractivity contribution in [2.24, 2.45) is 0 Å². The number of hydrogen-bond acceptors (Lipinski definition) is 3. The molecule has 0 saturated carbocycles. The quantitative estimate of drug-likeness (QED) is 0.434. The molecule has 0 aromatic heterocycles. The van der Waals surface area contributed by atoms with Crippen molar-refractivity contribution in [2.75, 3.05) is 5.32 Å². The summed E-state index contributed by atoms with van der Waals surface area (Å²) in [7, 11) is 0. The molecule has 0 bridgehead atoms. The molecule has 5 nitrogen and oxygen atoms in total. The predicted octanol–water partition coefficient (Wildman–Crippen LogP) is 5.60. The third-order valence-electron chi connectivity index (χ3n) is 5.29. The number of amides is 2. The first-order valence-electron chi connectivity index (χ1n) is 10.8. The lowest BCUT2D eigenvalue weighted by Gasteiger charge is -2.19. The summed E-state index contributed by atoms with van der Waals surface area (Å²) in [6.07, 6.45) is 0. The fraction of sp³-hybridized carbons (Fsp3) is 0.222. The van der Waals surface area contributed by atoms with Gasteiger partial charge < -0.3 is 10.6 Å². The lowest BCUT2D eigenvalue weighted by atomic mass is 9.87. The summed E-state index contributed by atoms with van der Waals surface area (Å²) in [6, 6.07) is 24.1. The molecule has 3 aromatic carbocycles. The summed E-state index contributed by atoms with van der Waals surface area (Å²) in [5.41, 5.74) is 3.97. The third-order valence-corrected chi connectivity index (χ3v) is 5.50. The highest BCUT2D eigenvalue weighted by Gasteiger charge is 2.15. The van der Waals surface area contributed by atoms with E-state index >= 15 is 0 Å². The van der Waals surface area contributed by atoms with Gasteiger partial charge >= 0.3 is 0 Å². The summed E-state index contributed by atoms with van der Waals surface area (Å²) in [5.74, 6) is -0.439. The SMILES string of the molecule is CC(NC(=O)c1ccc(NC(=S)NC(=O)c2ccc(C(C)(C)C)cc2)cc1)c1ccccc1. The van der Waals surface area contributed by atoms with Gasteiger partial charge in [-0.15, -0.1) is 0 Å². The number of thiocarbonyl (C=S) groups is 1. The van der Waals surface area contributed by atoms with E-state index in [1.54, 1.807) is 36.4 Å². The molecule has 0 radical (unpaired) electrons. The number of rotatable bonds is 5. The molecule has 3 N–H and O–H groups in total. The minimum absolute atomic E-state index is 0.0223. The minimum Gasteiger partial charge on any atom is -0.346 e. The third kappa shape index (κ3) is 6.73. The van der Waals surface area contributed by atoms with Gasteiger partial charge in [-0.1, -0.05) is 63.2 Å². The molecular weight excluding hydrogens is 430 g/mol. The molecule has 33 heavy (non-hydrogen) atoms. The summed E-state index contributed by atoms with van der Waals surface area (Å²) < 4.78 is 0. The summed E-state index contributed by atoms with van der Waals surface area (Å²) >= 11 is 5.27. The molecule has 0 spiro atoms. The molecule has 0 aliphatic rings. The van der Waals surface area contributed by atoms with E-state index in [1.165, 1.54) is 0 Å². The van der Waals surface area contributed by atoms with Crippen LogP contribution in [-0.2, 0) is 5.41 Å². The van der Waals surface area contributed by atoms with Crippen LogP contribution in [0.25, 0.3) is 0 Å². The zero-order valence-corrected chi connectivity index (χ0v) is 20.1. The molecule has 0 heterocycles. The topological polar surface area (TPSA) is 70.2 Å². The number of benzene rings is 3. The van der Waals surface area contributed by atoms with Gasteiger partial charge in [-0.2, -0.15) is 0 Å². The zero-order valence-electron chi connectivity index (χ0n) is 19.3. The Hall–Kier alpha value is -3.51. The lowest BCUT2D eigenvalue weighted by molar-refractivity contribution is 0.0938. The highest BCUT2D eigenvalue weighted by Crippen LogP contribution is 2.22. The van der Waals surface area contributed by atoms with Gasteiger partial charge in [0.25, 0.3) is 11.8 Å². The van der Waals surface area contributed by atoms with Crippen molar-refractivity contribution in [3.05, 3.63) is 101 Å². The van der Waals surface area contributed by atoms with Crippen LogP contribution in [0.5, 0.6) is 0 Å². The predicted molar refractivity (Wildman–Crippen MR) is 138 cm³/mol. The molecule has 0 saturated heterocycles. The maximum Gasteiger partial charge on any atom is 0.257 e. The Balaban J connectivity index is 1.54. The maximum atomic E-state index is 12.5. The molecule has 2 amide bonds. The lowest BCUT2D eigenvalue weighted by Crippen LogP contribution is -2.34. The monoisotopic (exact) mass is 459 g/mol. The van der Waals surface area contributed by atoms with E-state index in [0.717, 1.165) is 11.1 Å². The van der Waals surface area contributed by atoms with Crippen LogP contribution in [0.2, 0.25) is 0 Å². The van der Waals surface area contributed by atoms with E-state index in [1.807, 2.05) is 49.4 Å². The van der Waals surface area contributed by atoms with Crippen LogP contribution in [0, 0.1) is 0 Å². The fourth-order valence-corrected chi connectivity index (χ4v) is 3.48. The molecule has 170 valence electrons. The largest absolute Gasteiger partial charge is 0.346 e. The van der Waals surface area contributed by atoms with Crippen LogP contribution >= 0.6 is 12.2 Å². The first-order chi connectivity index (χ1) is 15.6. The number of carbonyl (C=O) groups excluding carboxylic acids is 2. The van der Waals surface area contributed by atoms with Crippen LogP contribution < -0.4 is 16.0 Å². The second-order valence-electron chi connectivity index (χ2n) is 8.92. The second-order valence-corrected chi connectivity index (χ2v) is 9.33. The van der Waals surface area contributed by atoms with Crippen molar-refractivity contribution < 1.29 is 9.59 Å². The average Bonchev–Trinajstić information content (AvgIpc) is 2.79. The van der Waals surface area contributed by atoms with Gasteiger partial charge in [-0.05, 0) is 72.1 Å². The Morgan fingerprint density at radius 2 is 1.33 bits per heavy atom. The molecule has 1 unspecified atom stereocenters. The molecule has 1 atom stereocenters. The average molecular weight is 460 g/mol. The van der Waals surface area contributed by atoms with Gasteiger partial charge in [0.05, 0.1) is 6.04 Å². The molecule has 0 fully saturated rings. The first-order valence-corrected chi connectivity index (χ1v) is 11.2. The first kappa shape index (κ1) is 24.1. The van der Waals surface area contributed by atoms with Crippen LogP contribution in [-0.4, -0.2) is 16.9 Å². The van der Waals surface area contributed by atoms with Gasteiger partial charge in [-0.25, -0.2) is 0 Å². The van der Waals surface area contributed by atoms with Crippen molar-refractivity contribution in [3.8, 4) is 0 Å². The maximum absolute atomic E-state index is 12.5. The molecule has 3 aromatic rings. The molecule has 0 aliphatic carbocycles. The Morgan fingerprint density at radius 1 is 0.788 bits per heavy atom. The Labute approximate surface area is 200 Å². The summed E-state index contributed by atoms with van der Waals surface area (Å²) in [5, 5.41) is 8.84. The molecule has 0 aliphatic heterocycles. The van der Waals surface area contributed by atoms with Gasteiger partial charge in [0.1, 0.15) is 0 Å². The Kier molecular flexibility index (Phi) is 7.61. The van der Waals surface area contributed by atoms with Crippen molar-refractivity contribution in [2.45, 2.75) is 39.2 Å². The highest BCUT2D eigenvalue weighted by molar-refractivity contribution is 7.80. The van der Waals surface area contributed by atoms with E-state index in [0.29, 0.717) is 16.8 Å².